The number of thioether (sulfide) groups is 1. The van der Waals surface area contributed by atoms with Gasteiger partial charge in [-0.15, -0.1) is 11.8 Å². The summed E-state index contributed by atoms with van der Waals surface area (Å²) < 4.78 is 5.21. The minimum atomic E-state index is -0.0965. The van der Waals surface area contributed by atoms with E-state index in [1.165, 1.54) is 0 Å². The number of hydrogen-bond donors (Lipinski definition) is 0. The van der Waals surface area contributed by atoms with Crippen molar-refractivity contribution in [3.63, 3.8) is 0 Å². The molecule has 1 unspecified atom stereocenters. The van der Waals surface area contributed by atoms with Gasteiger partial charge in [-0.3, -0.25) is 4.79 Å². The zero-order valence-corrected chi connectivity index (χ0v) is 11.4. The van der Waals surface area contributed by atoms with Gasteiger partial charge in [-0.2, -0.15) is 0 Å². The van der Waals surface area contributed by atoms with Crippen molar-refractivity contribution in [2.75, 3.05) is 7.11 Å². The van der Waals surface area contributed by atoms with Crippen LogP contribution in [-0.2, 0) is 5.75 Å². The summed E-state index contributed by atoms with van der Waals surface area (Å²) in [5.74, 6) is 1.78. The molecule has 19 heavy (non-hydrogen) atoms. The molecule has 1 aliphatic rings. The summed E-state index contributed by atoms with van der Waals surface area (Å²) in [6, 6.07) is 15.7. The maximum absolute atomic E-state index is 12.6. The Morgan fingerprint density at radius 1 is 1.16 bits per heavy atom. The van der Waals surface area contributed by atoms with E-state index >= 15 is 0 Å². The first-order chi connectivity index (χ1) is 9.29. The topological polar surface area (TPSA) is 26.3 Å². The molecule has 0 radical (unpaired) electrons. The molecule has 0 fully saturated rings. The van der Waals surface area contributed by atoms with Crippen LogP contribution < -0.4 is 4.74 Å². The van der Waals surface area contributed by atoms with Gasteiger partial charge in [-0.05, 0) is 23.3 Å². The number of carbonyl (C=O) groups is 1. The van der Waals surface area contributed by atoms with Crippen molar-refractivity contribution in [3.05, 3.63) is 65.2 Å². The average molecular weight is 270 g/mol. The number of rotatable bonds is 2. The van der Waals surface area contributed by atoms with E-state index in [2.05, 4.69) is 0 Å². The summed E-state index contributed by atoms with van der Waals surface area (Å²) in [5.41, 5.74) is 2.97. The molecule has 0 spiro atoms. The zero-order chi connectivity index (χ0) is 13.2. The molecule has 0 aliphatic carbocycles. The number of ether oxygens (including phenoxy) is 1. The van der Waals surface area contributed by atoms with Crippen molar-refractivity contribution < 1.29 is 9.53 Å². The molecule has 1 aliphatic heterocycles. The number of fused-ring (bicyclic) bond motifs is 1. The van der Waals surface area contributed by atoms with Crippen LogP contribution in [0.5, 0.6) is 5.75 Å². The normalized spacial score (nSPS) is 17.9. The lowest BCUT2D eigenvalue weighted by Crippen LogP contribution is -2.17. The van der Waals surface area contributed by atoms with Crippen LogP contribution in [0.15, 0.2) is 48.5 Å². The SMILES string of the molecule is COc1ccc2c(c1)C(=O)C(c1ccccc1)SC2. The van der Waals surface area contributed by atoms with E-state index in [4.69, 9.17) is 4.74 Å². The molecular weight excluding hydrogens is 256 g/mol. The number of Topliss-reactive ketones (excluding diaryl/α,β-unsaturated/α-hetero) is 1. The van der Waals surface area contributed by atoms with E-state index in [9.17, 15) is 4.79 Å². The second-order valence-electron chi connectivity index (χ2n) is 4.49. The van der Waals surface area contributed by atoms with Crippen LogP contribution in [0.4, 0.5) is 0 Å². The largest absolute Gasteiger partial charge is 0.497 e. The predicted molar refractivity (Wildman–Crippen MR) is 77.8 cm³/mol. The first-order valence-corrected chi connectivity index (χ1v) is 7.22. The average Bonchev–Trinajstić information content (AvgIpc) is 2.48. The summed E-state index contributed by atoms with van der Waals surface area (Å²) >= 11 is 1.69. The quantitative estimate of drug-likeness (QED) is 0.828. The van der Waals surface area contributed by atoms with Gasteiger partial charge in [0.15, 0.2) is 5.78 Å². The van der Waals surface area contributed by atoms with Gasteiger partial charge in [0.05, 0.1) is 12.4 Å². The van der Waals surface area contributed by atoms with Crippen molar-refractivity contribution in [3.8, 4) is 5.75 Å². The number of carbonyl (C=O) groups excluding carboxylic acids is 1. The molecular formula is C16H14O2S. The van der Waals surface area contributed by atoms with Crippen LogP contribution in [-0.4, -0.2) is 12.9 Å². The molecule has 0 N–H and O–H groups in total. The van der Waals surface area contributed by atoms with Crippen LogP contribution in [0.25, 0.3) is 0 Å². The third-order valence-corrected chi connectivity index (χ3v) is 4.63. The highest BCUT2D eigenvalue weighted by molar-refractivity contribution is 7.99. The number of benzene rings is 2. The van der Waals surface area contributed by atoms with Crippen molar-refractivity contribution >= 4 is 17.5 Å². The summed E-state index contributed by atoms with van der Waals surface area (Å²) in [4.78, 5) is 12.6. The first kappa shape index (κ1) is 12.3. The van der Waals surface area contributed by atoms with Crippen LogP contribution in [0.1, 0.15) is 26.7 Å². The fourth-order valence-corrected chi connectivity index (χ4v) is 3.53. The van der Waals surface area contributed by atoms with Gasteiger partial charge >= 0.3 is 0 Å². The van der Waals surface area contributed by atoms with Crippen LogP contribution >= 0.6 is 11.8 Å². The Balaban J connectivity index is 1.99. The minimum absolute atomic E-state index is 0.0965. The molecule has 1 heterocycles. The lowest BCUT2D eigenvalue weighted by atomic mass is 9.98. The molecule has 2 aromatic rings. The summed E-state index contributed by atoms with van der Waals surface area (Å²) in [6.07, 6.45) is 0. The van der Waals surface area contributed by atoms with Crippen LogP contribution in [0.2, 0.25) is 0 Å². The molecule has 0 aromatic heterocycles. The standard InChI is InChI=1S/C16H14O2S/c1-18-13-8-7-12-10-19-16(15(17)14(12)9-13)11-5-3-2-4-6-11/h2-9,16H,10H2,1H3. The van der Waals surface area contributed by atoms with E-state index in [0.717, 1.165) is 28.2 Å². The summed E-state index contributed by atoms with van der Waals surface area (Å²) in [7, 11) is 1.62. The third-order valence-electron chi connectivity index (χ3n) is 3.33. The molecule has 3 heteroatoms. The molecule has 0 bridgehead atoms. The van der Waals surface area contributed by atoms with Crippen molar-refractivity contribution in [1.82, 2.24) is 0 Å². The molecule has 0 saturated heterocycles. The lowest BCUT2D eigenvalue weighted by molar-refractivity contribution is 0.0987. The maximum atomic E-state index is 12.6. The Morgan fingerprint density at radius 3 is 2.68 bits per heavy atom. The van der Waals surface area contributed by atoms with Crippen molar-refractivity contribution in [1.29, 1.82) is 0 Å². The van der Waals surface area contributed by atoms with Gasteiger partial charge in [0, 0.05) is 11.3 Å². The fraction of sp³-hybridized carbons (Fsp3) is 0.188. The molecule has 0 saturated carbocycles. The second kappa shape index (κ2) is 5.10. The number of hydrogen-bond acceptors (Lipinski definition) is 3. The Labute approximate surface area is 116 Å². The lowest BCUT2D eigenvalue weighted by Gasteiger charge is -2.23. The highest BCUT2D eigenvalue weighted by Crippen LogP contribution is 2.41. The smallest absolute Gasteiger partial charge is 0.180 e. The molecule has 2 aromatic carbocycles. The zero-order valence-electron chi connectivity index (χ0n) is 10.6. The predicted octanol–water partition coefficient (Wildman–Crippen LogP) is 3.87. The van der Waals surface area contributed by atoms with E-state index in [-0.39, 0.29) is 11.0 Å². The van der Waals surface area contributed by atoms with E-state index in [0.29, 0.717) is 0 Å². The maximum Gasteiger partial charge on any atom is 0.180 e. The Bertz CT molecular complexity index is 607. The van der Waals surface area contributed by atoms with Crippen LogP contribution in [0, 0.1) is 0 Å². The van der Waals surface area contributed by atoms with Crippen molar-refractivity contribution in [2.24, 2.45) is 0 Å². The number of ketones is 1. The highest BCUT2D eigenvalue weighted by atomic mass is 32.2. The van der Waals surface area contributed by atoms with Gasteiger partial charge in [-0.25, -0.2) is 0 Å². The molecule has 3 rings (SSSR count). The molecule has 96 valence electrons. The monoisotopic (exact) mass is 270 g/mol. The van der Waals surface area contributed by atoms with Crippen LogP contribution in [0.3, 0.4) is 0 Å². The van der Waals surface area contributed by atoms with Gasteiger partial charge in [0.25, 0.3) is 0 Å². The minimum Gasteiger partial charge on any atom is -0.497 e. The summed E-state index contributed by atoms with van der Waals surface area (Å²) in [5, 5.41) is -0.0965. The first-order valence-electron chi connectivity index (χ1n) is 6.17. The third kappa shape index (κ3) is 2.26. The Hall–Kier alpha value is -1.74. The van der Waals surface area contributed by atoms with Crippen molar-refractivity contribution in [2.45, 2.75) is 11.0 Å². The second-order valence-corrected chi connectivity index (χ2v) is 5.58. The van der Waals surface area contributed by atoms with E-state index < -0.39 is 0 Å². The highest BCUT2D eigenvalue weighted by Gasteiger charge is 2.29. The Morgan fingerprint density at radius 2 is 1.95 bits per heavy atom. The molecule has 0 amide bonds. The Kier molecular flexibility index (Phi) is 3.30. The molecule has 2 nitrogen and oxygen atoms in total. The van der Waals surface area contributed by atoms with E-state index in [1.807, 2.05) is 48.5 Å². The van der Waals surface area contributed by atoms with E-state index in [1.54, 1.807) is 18.9 Å². The van der Waals surface area contributed by atoms with Gasteiger partial charge in [0.1, 0.15) is 5.75 Å². The van der Waals surface area contributed by atoms with Gasteiger partial charge in [-0.1, -0.05) is 36.4 Å². The van der Waals surface area contributed by atoms with Gasteiger partial charge in [0.2, 0.25) is 0 Å². The summed E-state index contributed by atoms with van der Waals surface area (Å²) in [6.45, 7) is 0. The van der Waals surface area contributed by atoms with Gasteiger partial charge < -0.3 is 4.74 Å². The fourth-order valence-electron chi connectivity index (χ4n) is 2.30. The molecule has 1 atom stereocenters. The number of methoxy groups -OCH3 is 1.